The minimum atomic E-state index is -0.174. The third-order valence-corrected chi connectivity index (χ3v) is 4.34. The second kappa shape index (κ2) is 6.68. The Bertz CT molecular complexity index is 476. The van der Waals surface area contributed by atoms with Gasteiger partial charge in [-0.05, 0) is 50.6 Å². The third kappa shape index (κ3) is 3.58. The Hall–Kier alpha value is -0.940. The number of esters is 1. The molecule has 0 saturated carbocycles. The van der Waals surface area contributed by atoms with Crippen molar-refractivity contribution in [1.29, 1.82) is 0 Å². The van der Waals surface area contributed by atoms with Crippen LogP contribution < -0.4 is 0 Å². The SMILES string of the molecule is COC(=O)C1CCN(Cc2c(C)cc(Br)cc2F)CC1. The molecular weight excluding hydrogens is 325 g/mol. The van der Waals surface area contributed by atoms with Crippen LogP contribution in [0.3, 0.4) is 0 Å². The van der Waals surface area contributed by atoms with Crippen LogP contribution in [-0.2, 0) is 16.1 Å². The van der Waals surface area contributed by atoms with Crippen molar-refractivity contribution in [2.24, 2.45) is 5.92 Å². The summed E-state index contributed by atoms with van der Waals surface area (Å²) in [7, 11) is 1.43. The van der Waals surface area contributed by atoms with E-state index in [0.29, 0.717) is 6.54 Å². The molecule has 0 amide bonds. The highest BCUT2D eigenvalue weighted by Gasteiger charge is 2.26. The van der Waals surface area contributed by atoms with Gasteiger partial charge in [0, 0.05) is 16.6 Å². The average Bonchev–Trinajstić information content (AvgIpc) is 2.42. The Morgan fingerprint density at radius 3 is 2.65 bits per heavy atom. The number of hydrogen-bond donors (Lipinski definition) is 0. The molecule has 1 aromatic rings. The number of methoxy groups -OCH3 is 1. The number of rotatable bonds is 3. The minimum absolute atomic E-state index is 0.00730. The normalized spacial score (nSPS) is 17.2. The first-order valence-corrected chi connectivity index (χ1v) is 7.55. The number of aryl methyl sites for hydroxylation is 1. The van der Waals surface area contributed by atoms with Crippen molar-refractivity contribution in [3.63, 3.8) is 0 Å². The number of carbonyl (C=O) groups is 1. The van der Waals surface area contributed by atoms with Gasteiger partial charge in [-0.3, -0.25) is 9.69 Å². The summed E-state index contributed by atoms with van der Waals surface area (Å²) in [5.41, 5.74) is 1.69. The van der Waals surface area contributed by atoms with Crippen LogP contribution in [0.5, 0.6) is 0 Å². The maximum Gasteiger partial charge on any atom is 0.308 e. The van der Waals surface area contributed by atoms with Gasteiger partial charge in [0.15, 0.2) is 0 Å². The molecule has 3 nitrogen and oxygen atoms in total. The zero-order valence-electron chi connectivity index (χ0n) is 11.8. The molecule has 0 radical (unpaired) electrons. The van der Waals surface area contributed by atoms with Gasteiger partial charge < -0.3 is 4.74 Å². The summed E-state index contributed by atoms with van der Waals surface area (Å²) >= 11 is 3.30. The van der Waals surface area contributed by atoms with E-state index in [0.717, 1.165) is 41.5 Å². The second-order valence-electron chi connectivity index (χ2n) is 5.26. The molecule has 1 aliphatic heterocycles. The number of nitrogens with zero attached hydrogens (tertiary/aromatic N) is 1. The van der Waals surface area contributed by atoms with Gasteiger partial charge in [0.1, 0.15) is 5.82 Å². The van der Waals surface area contributed by atoms with Crippen molar-refractivity contribution in [3.05, 3.63) is 33.5 Å². The molecule has 110 valence electrons. The summed E-state index contributed by atoms with van der Waals surface area (Å²) in [6.45, 7) is 4.12. The lowest BCUT2D eigenvalue weighted by molar-refractivity contribution is -0.147. The predicted molar refractivity (Wildman–Crippen MR) is 78.9 cm³/mol. The molecule has 0 aliphatic carbocycles. The second-order valence-corrected chi connectivity index (χ2v) is 6.17. The molecule has 2 rings (SSSR count). The van der Waals surface area contributed by atoms with Crippen molar-refractivity contribution in [2.75, 3.05) is 20.2 Å². The molecule has 1 saturated heterocycles. The quantitative estimate of drug-likeness (QED) is 0.788. The summed E-state index contributed by atoms with van der Waals surface area (Å²) < 4.78 is 19.5. The van der Waals surface area contributed by atoms with Crippen molar-refractivity contribution in [2.45, 2.75) is 26.3 Å². The van der Waals surface area contributed by atoms with E-state index in [1.807, 2.05) is 13.0 Å². The van der Waals surface area contributed by atoms with E-state index in [1.165, 1.54) is 13.2 Å². The molecule has 20 heavy (non-hydrogen) atoms. The van der Waals surface area contributed by atoms with Crippen molar-refractivity contribution >= 4 is 21.9 Å². The molecule has 1 heterocycles. The summed E-state index contributed by atoms with van der Waals surface area (Å²) in [5.74, 6) is -0.310. The molecule has 0 unspecified atom stereocenters. The largest absolute Gasteiger partial charge is 0.469 e. The highest BCUT2D eigenvalue weighted by molar-refractivity contribution is 9.10. The summed E-state index contributed by atoms with van der Waals surface area (Å²) in [5, 5.41) is 0. The monoisotopic (exact) mass is 343 g/mol. The van der Waals surface area contributed by atoms with Crippen molar-refractivity contribution in [1.82, 2.24) is 4.90 Å². The average molecular weight is 344 g/mol. The van der Waals surface area contributed by atoms with Crippen LogP contribution in [-0.4, -0.2) is 31.1 Å². The summed E-state index contributed by atoms with van der Waals surface area (Å²) in [6, 6.07) is 3.43. The van der Waals surface area contributed by atoms with Crippen LogP contribution in [0.1, 0.15) is 24.0 Å². The molecule has 1 aliphatic rings. The summed E-state index contributed by atoms with van der Waals surface area (Å²) in [4.78, 5) is 13.7. The van der Waals surface area contributed by atoms with Crippen molar-refractivity contribution < 1.29 is 13.9 Å². The summed E-state index contributed by atoms with van der Waals surface area (Å²) in [6.07, 6.45) is 1.56. The fourth-order valence-corrected chi connectivity index (χ4v) is 3.19. The highest BCUT2D eigenvalue weighted by atomic mass is 79.9. The van der Waals surface area contributed by atoms with Gasteiger partial charge in [0.25, 0.3) is 0 Å². The maximum atomic E-state index is 14.0. The van der Waals surface area contributed by atoms with Crippen LogP contribution in [0.2, 0.25) is 0 Å². The molecule has 0 atom stereocenters. The standard InChI is InChI=1S/C15H19BrFNO2/c1-10-7-12(16)8-14(17)13(10)9-18-5-3-11(4-6-18)15(19)20-2/h7-8,11H,3-6,9H2,1-2H3. The number of ether oxygens (including phenoxy) is 1. The van der Waals surface area contributed by atoms with Crippen LogP contribution in [0.25, 0.3) is 0 Å². The smallest absolute Gasteiger partial charge is 0.308 e. The van der Waals surface area contributed by atoms with E-state index in [-0.39, 0.29) is 17.7 Å². The lowest BCUT2D eigenvalue weighted by atomic mass is 9.96. The van der Waals surface area contributed by atoms with Crippen LogP contribution in [0.4, 0.5) is 4.39 Å². The molecular formula is C15H19BrFNO2. The van der Waals surface area contributed by atoms with Gasteiger partial charge in [-0.2, -0.15) is 0 Å². The van der Waals surface area contributed by atoms with Gasteiger partial charge >= 0.3 is 5.97 Å². The van der Waals surface area contributed by atoms with E-state index >= 15 is 0 Å². The lowest BCUT2D eigenvalue weighted by Gasteiger charge is -2.31. The molecule has 5 heteroatoms. The minimum Gasteiger partial charge on any atom is -0.469 e. The van der Waals surface area contributed by atoms with E-state index < -0.39 is 0 Å². The van der Waals surface area contributed by atoms with Crippen LogP contribution >= 0.6 is 15.9 Å². The zero-order chi connectivity index (χ0) is 14.7. The first kappa shape index (κ1) is 15.4. The van der Waals surface area contributed by atoms with E-state index in [4.69, 9.17) is 4.74 Å². The zero-order valence-corrected chi connectivity index (χ0v) is 13.4. The van der Waals surface area contributed by atoms with E-state index in [1.54, 1.807) is 0 Å². The van der Waals surface area contributed by atoms with Gasteiger partial charge in [-0.15, -0.1) is 0 Å². The highest BCUT2D eigenvalue weighted by Crippen LogP contribution is 2.24. The Balaban J connectivity index is 1.98. The maximum absolute atomic E-state index is 14.0. The van der Waals surface area contributed by atoms with Crippen LogP contribution in [0, 0.1) is 18.7 Å². The lowest BCUT2D eigenvalue weighted by Crippen LogP contribution is -2.36. The number of likely N-dealkylation sites (tertiary alicyclic amines) is 1. The Labute approximate surface area is 127 Å². The predicted octanol–water partition coefficient (Wildman–Crippen LogP) is 3.28. The van der Waals surface area contributed by atoms with Gasteiger partial charge in [-0.1, -0.05) is 15.9 Å². The molecule has 1 aromatic carbocycles. The number of benzene rings is 1. The fraction of sp³-hybridized carbons (Fsp3) is 0.533. The van der Waals surface area contributed by atoms with Gasteiger partial charge in [0.2, 0.25) is 0 Å². The first-order chi connectivity index (χ1) is 9.51. The molecule has 0 aromatic heterocycles. The number of hydrogen-bond acceptors (Lipinski definition) is 3. The molecule has 1 fully saturated rings. The number of halogens is 2. The molecule has 0 bridgehead atoms. The van der Waals surface area contributed by atoms with E-state index in [2.05, 4.69) is 20.8 Å². The Morgan fingerprint density at radius 1 is 1.45 bits per heavy atom. The molecule has 0 spiro atoms. The fourth-order valence-electron chi connectivity index (χ4n) is 2.65. The Kier molecular flexibility index (Phi) is 5.16. The van der Waals surface area contributed by atoms with Gasteiger partial charge in [-0.25, -0.2) is 4.39 Å². The molecule has 0 N–H and O–H groups in total. The van der Waals surface area contributed by atoms with Crippen molar-refractivity contribution in [3.8, 4) is 0 Å². The number of carbonyl (C=O) groups excluding carboxylic acids is 1. The van der Waals surface area contributed by atoms with Crippen LogP contribution in [0.15, 0.2) is 16.6 Å². The first-order valence-electron chi connectivity index (χ1n) is 6.76. The van der Waals surface area contributed by atoms with E-state index in [9.17, 15) is 9.18 Å². The Morgan fingerprint density at radius 2 is 2.10 bits per heavy atom. The number of piperidine rings is 1. The third-order valence-electron chi connectivity index (χ3n) is 3.89. The topological polar surface area (TPSA) is 29.5 Å². The van der Waals surface area contributed by atoms with Gasteiger partial charge in [0.05, 0.1) is 13.0 Å².